The second-order valence-electron chi connectivity index (χ2n) is 11.7. The molecule has 48 heavy (non-hydrogen) atoms. The Hall–Kier alpha value is -4.80. The molecule has 2 aliphatic rings. The van der Waals surface area contributed by atoms with Crippen LogP contribution in [0.15, 0.2) is 110 Å². The first-order valence-corrected chi connectivity index (χ1v) is 17.4. The third-order valence-electron chi connectivity index (χ3n) is 9.09. The minimum Gasteiger partial charge on any atom is -0.496 e. The molecule has 0 aliphatic carbocycles. The average Bonchev–Trinajstić information content (AvgIpc) is 3.55. The number of hydrogen-bond donors (Lipinski definition) is 0. The number of allylic oxidation sites excluding steroid dienone is 1. The van der Waals surface area contributed by atoms with E-state index in [4.69, 9.17) is 9.73 Å². The Morgan fingerprint density at radius 2 is 1.71 bits per heavy atom. The monoisotopic (exact) mass is 720 g/mol. The molecule has 2 amide bonds. The van der Waals surface area contributed by atoms with Crippen molar-refractivity contribution in [1.29, 1.82) is 0 Å². The summed E-state index contributed by atoms with van der Waals surface area (Å²) in [6.07, 6.45) is 0. The van der Waals surface area contributed by atoms with Gasteiger partial charge in [-0.3, -0.25) is 19.0 Å². The first-order valence-electron chi connectivity index (χ1n) is 15.8. The molecule has 0 N–H and O–H groups in total. The number of aromatic nitrogens is 1. The highest BCUT2D eigenvalue weighted by Crippen LogP contribution is 2.41. The maximum absolute atomic E-state index is 14.9. The average molecular weight is 722 g/mol. The molecule has 10 heteroatoms. The lowest BCUT2D eigenvalue weighted by Crippen LogP contribution is -2.43. The molecule has 1 aromatic heterocycles. The van der Waals surface area contributed by atoms with Crippen LogP contribution in [0.1, 0.15) is 43.5 Å². The first-order chi connectivity index (χ1) is 23.3. The molecule has 242 valence electrons. The maximum Gasteiger partial charge on any atom is 0.271 e. The summed E-state index contributed by atoms with van der Waals surface area (Å²) in [5.74, 6) is 0.0999. The van der Waals surface area contributed by atoms with Gasteiger partial charge in [0.1, 0.15) is 16.3 Å². The predicted molar refractivity (Wildman–Crippen MR) is 193 cm³/mol. The Morgan fingerprint density at radius 1 is 0.979 bits per heavy atom. The highest BCUT2D eigenvalue weighted by molar-refractivity contribution is 9.10. The normalized spacial score (nSPS) is 16.6. The van der Waals surface area contributed by atoms with Gasteiger partial charge in [-0.05, 0) is 61.4 Å². The van der Waals surface area contributed by atoms with E-state index in [0.717, 1.165) is 26.5 Å². The molecule has 4 aromatic carbocycles. The molecule has 0 saturated heterocycles. The lowest BCUT2D eigenvalue weighted by atomic mass is 9.90. The van der Waals surface area contributed by atoms with E-state index in [1.165, 1.54) is 11.3 Å². The lowest BCUT2D eigenvalue weighted by molar-refractivity contribution is -0.127. The zero-order valence-corrected chi connectivity index (χ0v) is 29.4. The Morgan fingerprint density at radius 3 is 2.44 bits per heavy atom. The van der Waals surface area contributed by atoms with Crippen LogP contribution in [0.5, 0.6) is 5.75 Å². The van der Waals surface area contributed by atoms with Gasteiger partial charge in [0.25, 0.3) is 17.4 Å². The number of nitrogens with zero attached hydrogens (tertiary/aromatic N) is 4. The highest BCUT2D eigenvalue weighted by atomic mass is 79.9. The molecule has 7 rings (SSSR count). The summed E-state index contributed by atoms with van der Waals surface area (Å²) >= 11 is 4.76. The van der Waals surface area contributed by atoms with Gasteiger partial charge in [-0.15, -0.1) is 0 Å². The fourth-order valence-electron chi connectivity index (χ4n) is 6.78. The molecule has 0 radical (unpaired) electrons. The number of carbonyl (C=O) groups excluding carboxylic acids is 2. The van der Waals surface area contributed by atoms with Crippen LogP contribution in [0.4, 0.5) is 5.69 Å². The summed E-state index contributed by atoms with van der Waals surface area (Å²) in [4.78, 5) is 52.4. The number of fused-ring (bicyclic) bond motifs is 3. The van der Waals surface area contributed by atoms with Crippen LogP contribution in [-0.2, 0) is 16.1 Å². The van der Waals surface area contributed by atoms with Gasteiger partial charge in [0.05, 0.1) is 36.2 Å². The van der Waals surface area contributed by atoms with Crippen molar-refractivity contribution in [2.75, 3.05) is 25.1 Å². The minimum absolute atomic E-state index is 0.195. The number of rotatable bonds is 7. The number of benzene rings is 4. The predicted octanol–water partition coefficient (Wildman–Crippen LogP) is 5.94. The summed E-state index contributed by atoms with van der Waals surface area (Å²) in [5.41, 5.74) is 3.95. The van der Waals surface area contributed by atoms with E-state index in [-0.39, 0.29) is 21.9 Å². The van der Waals surface area contributed by atoms with Crippen molar-refractivity contribution in [3.8, 4) is 5.75 Å². The van der Waals surface area contributed by atoms with E-state index >= 15 is 0 Å². The number of ether oxygens (including phenoxy) is 1. The van der Waals surface area contributed by atoms with Crippen LogP contribution < -0.4 is 24.5 Å². The van der Waals surface area contributed by atoms with Crippen LogP contribution in [0.3, 0.4) is 0 Å². The van der Waals surface area contributed by atoms with Crippen molar-refractivity contribution in [1.82, 2.24) is 9.47 Å². The number of hydrogen-bond acceptors (Lipinski definition) is 6. The maximum atomic E-state index is 14.9. The van der Waals surface area contributed by atoms with Gasteiger partial charge in [0, 0.05) is 28.7 Å². The van der Waals surface area contributed by atoms with Crippen LogP contribution in [0.25, 0.3) is 16.3 Å². The van der Waals surface area contributed by atoms with Crippen LogP contribution in [0.2, 0.25) is 0 Å². The van der Waals surface area contributed by atoms with E-state index < -0.39 is 6.04 Å². The van der Waals surface area contributed by atoms with Crippen molar-refractivity contribution in [3.63, 3.8) is 0 Å². The SMILES string of the molecule is CCN(CC)C(=O)C1=C(C)N=c2s/c(=C3/C(=O)N(Cc4ccccc4)c4ccc(Br)cc43)c(=O)n2[C@H]1c1c(OC)ccc2ccccc12. The Bertz CT molecular complexity index is 2340. The number of anilines is 1. The fraction of sp³-hybridized carbons (Fsp3) is 0.211. The molecule has 2 aliphatic heterocycles. The standard InChI is InChI=1S/C38H33BrN4O4S/c1-5-41(6-2)35(44)30-22(3)40-38-43(33(30)31-26-15-11-10-14-24(26)16-19-29(31)47-4)37(46)34(48-38)32-27-20-25(39)17-18-28(27)42(36(32)45)21-23-12-8-7-9-13-23/h7-20,33H,5-6,21H2,1-4H3/b34-32+/t33-/m1/s1. The third-order valence-corrected chi connectivity index (χ3v) is 10.6. The summed E-state index contributed by atoms with van der Waals surface area (Å²) in [6.45, 7) is 7.04. The number of methoxy groups -OCH3 is 1. The molecule has 5 aromatic rings. The summed E-state index contributed by atoms with van der Waals surface area (Å²) in [7, 11) is 1.59. The topological polar surface area (TPSA) is 84.2 Å². The second kappa shape index (κ2) is 12.7. The largest absolute Gasteiger partial charge is 0.496 e. The Balaban J connectivity index is 1.53. The summed E-state index contributed by atoms with van der Waals surface area (Å²) < 4.78 is 8.59. The molecular formula is C38H33BrN4O4S. The molecule has 3 heterocycles. The summed E-state index contributed by atoms with van der Waals surface area (Å²) in [5, 5.41) is 1.81. The van der Waals surface area contributed by atoms with Crippen molar-refractivity contribution < 1.29 is 14.3 Å². The van der Waals surface area contributed by atoms with Crippen molar-refractivity contribution in [2.24, 2.45) is 4.99 Å². The van der Waals surface area contributed by atoms with Crippen molar-refractivity contribution in [3.05, 3.63) is 137 Å². The molecule has 8 nitrogen and oxygen atoms in total. The molecular weight excluding hydrogens is 688 g/mol. The Kier molecular flexibility index (Phi) is 8.39. The molecule has 0 unspecified atom stereocenters. The summed E-state index contributed by atoms with van der Waals surface area (Å²) in [6, 6.07) is 26.3. The van der Waals surface area contributed by atoms with Gasteiger partial charge in [0.2, 0.25) is 0 Å². The molecule has 0 spiro atoms. The minimum atomic E-state index is -0.844. The van der Waals surface area contributed by atoms with E-state index in [0.29, 0.717) is 58.2 Å². The number of amides is 2. The van der Waals surface area contributed by atoms with Gasteiger partial charge in [0.15, 0.2) is 4.80 Å². The number of thiazole rings is 1. The van der Waals surface area contributed by atoms with Crippen LogP contribution in [0, 0.1) is 0 Å². The number of likely N-dealkylation sites (N-methyl/N-ethyl adjacent to an activating group) is 1. The van der Waals surface area contributed by atoms with Crippen molar-refractivity contribution >= 4 is 61.1 Å². The quantitative estimate of drug-likeness (QED) is 0.208. The Labute approximate surface area is 290 Å². The zero-order chi connectivity index (χ0) is 33.7. The fourth-order valence-corrected chi connectivity index (χ4v) is 8.28. The van der Waals surface area contributed by atoms with Gasteiger partial charge < -0.3 is 14.5 Å². The van der Waals surface area contributed by atoms with Crippen molar-refractivity contribution in [2.45, 2.75) is 33.4 Å². The number of halogens is 1. The van der Waals surface area contributed by atoms with E-state index in [1.807, 2.05) is 106 Å². The van der Waals surface area contributed by atoms with Gasteiger partial charge in [-0.1, -0.05) is 87.9 Å². The van der Waals surface area contributed by atoms with Gasteiger partial charge in [-0.2, -0.15) is 0 Å². The van der Waals surface area contributed by atoms with Gasteiger partial charge in [-0.25, -0.2) is 4.99 Å². The van der Waals surface area contributed by atoms with Crippen LogP contribution in [-0.4, -0.2) is 41.5 Å². The van der Waals surface area contributed by atoms with Gasteiger partial charge >= 0.3 is 0 Å². The molecule has 0 saturated carbocycles. The van der Waals surface area contributed by atoms with E-state index in [1.54, 1.807) is 21.5 Å². The molecule has 0 fully saturated rings. The molecule has 1 atom stereocenters. The van der Waals surface area contributed by atoms with E-state index in [2.05, 4.69) is 15.9 Å². The van der Waals surface area contributed by atoms with Crippen LogP contribution >= 0.6 is 27.3 Å². The highest BCUT2D eigenvalue weighted by Gasteiger charge is 2.39. The third kappa shape index (κ3) is 5.11. The number of carbonyl (C=O) groups is 2. The lowest BCUT2D eigenvalue weighted by Gasteiger charge is -2.30. The smallest absolute Gasteiger partial charge is 0.271 e. The molecule has 0 bridgehead atoms. The van der Waals surface area contributed by atoms with E-state index in [9.17, 15) is 14.4 Å². The second-order valence-corrected chi connectivity index (χ2v) is 13.6. The first kappa shape index (κ1) is 31.8. The zero-order valence-electron chi connectivity index (χ0n) is 27.0.